The van der Waals surface area contributed by atoms with Crippen LogP contribution >= 0.6 is 15.9 Å². The van der Waals surface area contributed by atoms with Gasteiger partial charge in [0, 0.05) is 22.3 Å². The zero-order chi connectivity index (χ0) is 15.2. The second kappa shape index (κ2) is 7.38. The maximum absolute atomic E-state index is 12.2. The first-order valence-electron chi connectivity index (χ1n) is 6.87. The number of hydrogen-bond donors (Lipinski definition) is 2. The highest BCUT2D eigenvalue weighted by Gasteiger charge is 2.08. The molecule has 0 radical (unpaired) electrons. The number of hydrogen-bond acceptors (Lipinski definition) is 2. The summed E-state index contributed by atoms with van der Waals surface area (Å²) in [5, 5.41) is 11.8. The second-order valence-electron chi connectivity index (χ2n) is 4.95. The molecule has 0 aliphatic carbocycles. The minimum atomic E-state index is -0.130. The molecule has 4 heteroatoms. The number of nitrogens with one attached hydrogen (secondary N) is 1. The van der Waals surface area contributed by atoms with E-state index in [2.05, 4.69) is 21.2 Å². The van der Waals surface area contributed by atoms with Crippen molar-refractivity contribution in [2.75, 3.05) is 11.9 Å². The first-order valence-corrected chi connectivity index (χ1v) is 7.67. The molecule has 0 aliphatic heterocycles. The molecule has 0 unspecified atom stereocenters. The number of aryl methyl sites for hydroxylation is 2. The highest BCUT2D eigenvalue weighted by molar-refractivity contribution is 9.10. The molecule has 2 aromatic rings. The van der Waals surface area contributed by atoms with Crippen molar-refractivity contribution in [1.82, 2.24) is 0 Å². The Morgan fingerprint density at radius 1 is 1.24 bits per heavy atom. The van der Waals surface area contributed by atoms with E-state index in [4.69, 9.17) is 5.11 Å². The van der Waals surface area contributed by atoms with Gasteiger partial charge in [-0.05, 0) is 55.2 Å². The van der Waals surface area contributed by atoms with Gasteiger partial charge in [-0.3, -0.25) is 4.79 Å². The largest absolute Gasteiger partial charge is 0.396 e. The van der Waals surface area contributed by atoms with Crippen molar-refractivity contribution in [2.45, 2.75) is 19.8 Å². The van der Waals surface area contributed by atoms with Crippen molar-refractivity contribution in [3.8, 4) is 0 Å². The Kier molecular flexibility index (Phi) is 5.53. The standard InChI is InChI=1S/C17H18BrNO2/c1-12-7-8-14(11-16(12)18)17(21)19-15-6-2-4-13(10-15)5-3-9-20/h2,4,6-8,10-11,20H,3,5,9H2,1H3,(H,19,21). The van der Waals surface area contributed by atoms with Gasteiger partial charge in [-0.1, -0.05) is 34.1 Å². The third-order valence-corrected chi connectivity index (χ3v) is 4.10. The van der Waals surface area contributed by atoms with E-state index < -0.39 is 0 Å². The fourth-order valence-electron chi connectivity index (χ4n) is 2.03. The summed E-state index contributed by atoms with van der Waals surface area (Å²) in [4.78, 5) is 12.2. The lowest BCUT2D eigenvalue weighted by atomic mass is 10.1. The first-order chi connectivity index (χ1) is 10.1. The van der Waals surface area contributed by atoms with Gasteiger partial charge in [-0.25, -0.2) is 0 Å². The predicted octanol–water partition coefficient (Wildman–Crippen LogP) is 3.93. The molecule has 0 heterocycles. The lowest BCUT2D eigenvalue weighted by molar-refractivity contribution is 0.102. The van der Waals surface area contributed by atoms with Crippen molar-refractivity contribution in [3.63, 3.8) is 0 Å². The molecule has 2 N–H and O–H groups in total. The van der Waals surface area contributed by atoms with Gasteiger partial charge in [-0.2, -0.15) is 0 Å². The van der Waals surface area contributed by atoms with Crippen LogP contribution in [0.3, 0.4) is 0 Å². The lowest BCUT2D eigenvalue weighted by Crippen LogP contribution is -2.12. The molecule has 21 heavy (non-hydrogen) atoms. The summed E-state index contributed by atoms with van der Waals surface area (Å²) in [7, 11) is 0. The number of carbonyl (C=O) groups excluding carboxylic acids is 1. The second-order valence-corrected chi connectivity index (χ2v) is 5.80. The SMILES string of the molecule is Cc1ccc(C(=O)Nc2cccc(CCCO)c2)cc1Br. The average Bonchev–Trinajstić information content (AvgIpc) is 2.48. The van der Waals surface area contributed by atoms with Crippen LogP contribution < -0.4 is 5.32 Å². The fourth-order valence-corrected chi connectivity index (χ4v) is 2.40. The third kappa shape index (κ3) is 4.41. The van der Waals surface area contributed by atoms with Crippen molar-refractivity contribution in [3.05, 3.63) is 63.6 Å². The number of halogens is 1. The van der Waals surface area contributed by atoms with Gasteiger partial charge in [0.15, 0.2) is 0 Å². The zero-order valence-electron chi connectivity index (χ0n) is 11.9. The third-order valence-electron chi connectivity index (χ3n) is 3.24. The van der Waals surface area contributed by atoms with E-state index in [9.17, 15) is 4.79 Å². The normalized spacial score (nSPS) is 10.4. The minimum Gasteiger partial charge on any atom is -0.396 e. The van der Waals surface area contributed by atoms with Crippen molar-refractivity contribution in [1.29, 1.82) is 0 Å². The molecule has 2 aromatic carbocycles. The van der Waals surface area contributed by atoms with Crippen LogP contribution in [0, 0.1) is 6.92 Å². The summed E-state index contributed by atoms with van der Waals surface area (Å²) in [6, 6.07) is 13.3. The molecule has 0 aliphatic rings. The van der Waals surface area contributed by atoms with Crippen LogP contribution in [0.25, 0.3) is 0 Å². The van der Waals surface area contributed by atoms with Crippen LogP contribution in [0.4, 0.5) is 5.69 Å². The maximum Gasteiger partial charge on any atom is 0.255 e. The maximum atomic E-state index is 12.2. The molecule has 0 fully saturated rings. The van der Waals surface area contributed by atoms with Crippen LogP contribution in [-0.2, 0) is 6.42 Å². The molecule has 2 rings (SSSR count). The molecular weight excluding hydrogens is 330 g/mol. The molecule has 0 bridgehead atoms. The van der Waals surface area contributed by atoms with Crippen molar-refractivity contribution in [2.24, 2.45) is 0 Å². The fraction of sp³-hybridized carbons (Fsp3) is 0.235. The predicted molar refractivity (Wildman–Crippen MR) is 88.7 cm³/mol. The quantitative estimate of drug-likeness (QED) is 0.860. The lowest BCUT2D eigenvalue weighted by Gasteiger charge is -2.08. The topological polar surface area (TPSA) is 49.3 Å². The Bertz CT molecular complexity index is 640. The van der Waals surface area contributed by atoms with Gasteiger partial charge in [-0.15, -0.1) is 0 Å². The molecule has 0 aromatic heterocycles. The number of rotatable bonds is 5. The Morgan fingerprint density at radius 2 is 2.05 bits per heavy atom. The number of benzene rings is 2. The number of aliphatic hydroxyl groups excluding tert-OH is 1. The molecule has 0 saturated heterocycles. The Morgan fingerprint density at radius 3 is 2.76 bits per heavy atom. The molecule has 0 spiro atoms. The average molecular weight is 348 g/mol. The zero-order valence-corrected chi connectivity index (χ0v) is 13.5. The van der Waals surface area contributed by atoms with Gasteiger partial charge in [0.1, 0.15) is 0 Å². The molecule has 1 amide bonds. The first kappa shape index (κ1) is 15.7. The van der Waals surface area contributed by atoms with E-state index in [0.29, 0.717) is 5.56 Å². The summed E-state index contributed by atoms with van der Waals surface area (Å²) in [6.07, 6.45) is 1.53. The number of anilines is 1. The number of amides is 1. The summed E-state index contributed by atoms with van der Waals surface area (Å²) in [5.74, 6) is -0.130. The molecular formula is C17H18BrNO2. The Balaban J connectivity index is 2.10. The van der Waals surface area contributed by atoms with Crippen LogP contribution in [0.15, 0.2) is 46.9 Å². The summed E-state index contributed by atoms with van der Waals surface area (Å²) in [5.41, 5.74) is 3.59. The van der Waals surface area contributed by atoms with Gasteiger partial charge in [0.25, 0.3) is 5.91 Å². The van der Waals surface area contributed by atoms with E-state index in [1.54, 1.807) is 0 Å². The van der Waals surface area contributed by atoms with E-state index >= 15 is 0 Å². The van der Waals surface area contributed by atoms with Crippen molar-refractivity contribution < 1.29 is 9.90 Å². The summed E-state index contributed by atoms with van der Waals surface area (Å²) < 4.78 is 0.923. The molecule has 110 valence electrons. The van der Waals surface area contributed by atoms with E-state index in [1.165, 1.54) is 0 Å². The van der Waals surface area contributed by atoms with Crippen LogP contribution in [-0.4, -0.2) is 17.6 Å². The minimum absolute atomic E-state index is 0.130. The molecule has 3 nitrogen and oxygen atoms in total. The number of aliphatic hydroxyl groups is 1. The monoisotopic (exact) mass is 347 g/mol. The summed E-state index contributed by atoms with van der Waals surface area (Å²) in [6.45, 7) is 2.16. The van der Waals surface area contributed by atoms with E-state index in [0.717, 1.165) is 34.1 Å². The van der Waals surface area contributed by atoms with Gasteiger partial charge in [0.2, 0.25) is 0 Å². The van der Waals surface area contributed by atoms with Crippen molar-refractivity contribution >= 4 is 27.5 Å². The van der Waals surface area contributed by atoms with Gasteiger partial charge in [0.05, 0.1) is 0 Å². The Hall–Kier alpha value is -1.65. The molecule has 0 atom stereocenters. The highest BCUT2D eigenvalue weighted by atomic mass is 79.9. The Labute approximate surface area is 133 Å². The smallest absolute Gasteiger partial charge is 0.255 e. The van der Waals surface area contributed by atoms with Crippen LogP contribution in [0.5, 0.6) is 0 Å². The van der Waals surface area contributed by atoms with Crippen LogP contribution in [0.1, 0.15) is 27.9 Å². The van der Waals surface area contributed by atoms with Crippen LogP contribution in [0.2, 0.25) is 0 Å². The van der Waals surface area contributed by atoms with Gasteiger partial charge < -0.3 is 10.4 Å². The summed E-state index contributed by atoms with van der Waals surface area (Å²) >= 11 is 3.44. The highest BCUT2D eigenvalue weighted by Crippen LogP contribution is 2.19. The van der Waals surface area contributed by atoms with E-state index in [-0.39, 0.29) is 12.5 Å². The number of carbonyl (C=O) groups is 1. The van der Waals surface area contributed by atoms with Gasteiger partial charge >= 0.3 is 0 Å². The van der Waals surface area contributed by atoms with E-state index in [1.807, 2.05) is 49.4 Å². The molecule has 0 saturated carbocycles.